The summed E-state index contributed by atoms with van der Waals surface area (Å²) in [5.41, 5.74) is 1.29. The van der Waals surface area contributed by atoms with Crippen LogP contribution >= 0.6 is 7.75 Å². The summed E-state index contributed by atoms with van der Waals surface area (Å²) in [7, 11) is -4.43. The Morgan fingerprint density at radius 3 is 2.50 bits per heavy atom. The SMILES string of the molecule is O=C1C=CC=C(NP(=O)(O)O)C1CCCc1ccc(O)cc1. The van der Waals surface area contributed by atoms with Crippen LogP contribution in [0.5, 0.6) is 5.75 Å². The lowest BCUT2D eigenvalue weighted by Gasteiger charge is -2.22. The third-order valence-electron chi connectivity index (χ3n) is 3.42. The monoisotopic (exact) mass is 323 g/mol. The maximum absolute atomic E-state index is 11.9. The Labute approximate surface area is 128 Å². The Kier molecular flexibility index (Phi) is 5.19. The van der Waals surface area contributed by atoms with Crippen molar-refractivity contribution in [1.82, 2.24) is 5.09 Å². The Bertz CT molecular complexity index is 644. The number of benzene rings is 1. The minimum Gasteiger partial charge on any atom is -0.508 e. The number of rotatable bonds is 6. The van der Waals surface area contributed by atoms with Gasteiger partial charge in [0.2, 0.25) is 0 Å². The summed E-state index contributed by atoms with van der Waals surface area (Å²) in [6, 6.07) is 6.82. The van der Waals surface area contributed by atoms with E-state index in [9.17, 15) is 14.5 Å². The highest BCUT2D eigenvalue weighted by Crippen LogP contribution is 2.34. The van der Waals surface area contributed by atoms with Crippen molar-refractivity contribution in [2.24, 2.45) is 5.92 Å². The van der Waals surface area contributed by atoms with Crippen molar-refractivity contribution in [3.8, 4) is 5.75 Å². The van der Waals surface area contributed by atoms with E-state index in [2.05, 4.69) is 5.09 Å². The number of aryl methyl sites for hydroxylation is 1. The van der Waals surface area contributed by atoms with Crippen LogP contribution in [0, 0.1) is 5.92 Å². The molecule has 1 unspecified atom stereocenters. The van der Waals surface area contributed by atoms with Crippen LogP contribution in [0.1, 0.15) is 18.4 Å². The number of carbonyl (C=O) groups is 1. The van der Waals surface area contributed by atoms with Gasteiger partial charge in [0.1, 0.15) is 5.75 Å². The van der Waals surface area contributed by atoms with Crippen LogP contribution < -0.4 is 5.09 Å². The van der Waals surface area contributed by atoms with E-state index < -0.39 is 13.7 Å². The average Bonchev–Trinajstić information content (AvgIpc) is 2.42. The lowest BCUT2D eigenvalue weighted by Crippen LogP contribution is -2.25. The van der Waals surface area contributed by atoms with Crippen molar-refractivity contribution >= 4 is 13.5 Å². The van der Waals surface area contributed by atoms with E-state index in [1.54, 1.807) is 12.1 Å². The van der Waals surface area contributed by atoms with Crippen molar-refractivity contribution in [3.63, 3.8) is 0 Å². The number of allylic oxidation sites excluding steroid dienone is 4. The topological polar surface area (TPSA) is 107 Å². The van der Waals surface area contributed by atoms with E-state index in [0.717, 1.165) is 12.0 Å². The summed E-state index contributed by atoms with van der Waals surface area (Å²) in [5.74, 6) is -0.522. The van der Waals surface area contributed by atoms with Crippen molar-refractivity contribution in [1.29, 1.82) is 0 Å². The number of phenolic OH excluding ortho intramolecular Hbond substituents is 1. The molecule has 1 aliphatic carbocycles. The molecule has 1 aliphatic rings. The summed E-state index contributed by atoms with van der Waals surface area (Å²) < 4.78 is 11.1. The van der Waals surface area contributed by atoms with E-state index >= 15 is 0 Å². The number of hydrogen-bond donors (Lipinski definition) is 4. The van der Waals surface area contributed by atoms with Crippen LogP contribution in [0.4, 0.5) is 0 Å². The van der Waals surface area contributed by atoms with E-state index in [4.69, 9.17) is 9.79 Å². The average molecular weight is 323 g/mol. The second-order valence-electron chi connectivity index (χ2n) is 5.15. The molecule has 0 radical (unpaired) electrons. The first-order valence-electron chi connectivity index (χ1n) is 6.89. The quantitative estimate of drug-likeness (QED) is 0.597. The molecule has 0 aromatic heterocycles. The minimum atomic E-state index is -4.43. The zero-order chi connectivity index (χ0) is 16.2. The van der Waals surface area contributed by atoms with E-state index in [1.165, 1.54) is 18.2 Å². The minimum absolute atomic E-state index is 0.163. The number of phenols is 1. The first-order valence-corrected chi connectivity index (χ1v) is 8.50. The van der Waals surface area contributed by atoms with Crippen molar-refractivity contribution in [3.05, 3.63) is 53.8 Å². The van der Waals surface area contributed by atoms with Gasteiger partial charge in [0.25, 0.3) is 0 Å². The Hall–Kier alpha value is -1.88. The zero-order valence-electron chi connectivity index (χ0n) is 11.8. The molecule has 0 saturated carbocycles. The van der Waals surface area contributed by atoms with E-state index in [0.29, 0.717) is 12.8 Å². The normalized spacial score (nSPS) is 18.2. The summed E-state index contributed by atoms with van der Waals surface area (Å²) >= 11 is 0. The van der Waals surface area contributed by atoms with E-state index in [-0.39, 0.29) is 17.2 Å². The molecule has 6 nitrogen and oxygen atoms in total. The fraction of sp³-hybridized carbons (Fsp3) is 0.267. The molecule has 0 spiro atoms. The van der Waals surface area contributed by atoms with Gasteiger partial charge >= 0.3 is 7.75 Å². The third-order valence-corrected chi connectivity index (χ3v) is 3.97. The summed E-state index contributed by atoms with van der Waals surface area (Å²) in [4.78, 5) is 29.9. The molecule has 0 heterocycles. The molecule has 4 N–H and O–H groups in total. The highest BCUT2D eigenvalue weighted by molar-refractivity contribution is 7.49. The Morgan fingerprint density at radius 2 is 1.86 bits per heavy atom. The second-order valence-corrected chi connectivity index (χ2v) is 6.46. The maximum Gasteiger partial charge on any atom is 0.427 e. The van der Waals surface area contributed by atoms with Gasteiger partial charge in [-0.15, -0.1) is 0 Å². The van der Waals surface area contributed by atoms with Gasteiger partial charge in [-0.05, 0) is 49.1 Å². The fourth-order valence-corrected chi connectivity index (χ4v) is 2.95. The standard InChI is InChI=1S/C15H18NO5P/c17-12-9-7-11(8-10-12)3-1-4-13-14(16-22(19,20)21)5-2-6-15(13)18/h2,5-10,13,17H,1,3-4H2,(H3,16,19,20,21). The van der Waals surface area contributed by atoms with Gasteiger partial charge in [-0.3, -0.25) is 9.88 Å². The number of aromatic hydroxyl groups is 1. The lowest BCUT2D eigenvalue weighted by atomic mass is 9.90. The first kappa shape index (κ1) is 16.5. The van der Waals surface area contributed by atoms with Gasteiger partial charge in [0.15, 0.2) is 5.78 Å². The molecular weight excluding hydrogens is 305 g/mol. The van der Waals surface area contributed by atoms with Gasteiger partial charge in [0.05, 0.1) is 5.92 Å². The highest BCUT2D eigenvalue weighted by Gasteiger charge is 2.27. The molecule has 1 aromatic carbocycles. The molecule has 7 heteroatoms. The van der Waals surface area contributed by atoms with Crippen LogP contribution in [-0.2, 0) is 15.8 Å². The molecule has 118 valence electrons. The molecule has 2 rings (SSSR count). The van der Waals surface area contributed by atoms with Crippen molar-refractivity contribution in [2.45, 2.75) is 19.3 Å². The number of nitrogens with one attached hydrogen (secondary N) is 1. The largest absolute Gasteiger partial charge is 0.508 e. The predicted molar refractivity (Wildman–Crippen MR) is 81.9 cm³/mol. The fourth-order valence-electron chi connectivity index (χ4n) is 2.39. The van der Waals surface area contributed by atoms with Crippen LogP contribution in [0.25, 0.3) is 0 Å². The molecule has 1 aromatic rings. The molecule has 22 heavy (non-hydrogen) atoms. The highest BCUT2D eigenvalue weighted by atomic mass is 31.2. The van der Waals surface area contributed by atoms with Crippen molar-refractivity contribution < 1.29 is 24.3 Å². The summed E-state index contributed by atoms with van der Waals surface area (Å²) in [6.45, 7) is 0. The molecule has 1 atom stereocenters. The van der Waals surface area contributed by atoms with Gasteiger partial charge in [-0.1, -0.05) is 18.2 Å². The first-order chi connectivity index (χ1) is 10.3. The smallest absolute Gasteiger partial charge is 0.427 e. The predicted octanol–water partition coefficient (Wildman–Crippen LogP) is 2.04. The van der Waals surface area contributed by atoms with Crippen molar-refractivity contribution in [2.75, 3.05) is 0 Å². The Morgan fingerprint density at radius 1 is 1.18 bits per heavy atom. The van der Waals surface area contributed by atoms with Gasteiger partial charge in [0, 0.05) is 5.70 Å². The number of ketones is 1. The number of carbonyl (C=O) groups excluding carboxylic acids is 1. The maximum atomic E-state index is 11.9. The number of hydrogen-bond acceptors (Lipinski definition) is 3. The lowest BCUT2D eigenvalue weighted by molar-refractivity contribution is -0.117. The van der Waals surface area contributed by atoms with Gasteiger partial charge in [-0.25, -0.2) is 4.57 Å². The van der Waals surface area contributed by atoms with Gasteiger partial charge < -0.3 is 14.9 Å². The van der Waals surface area contributed by atoms with Gasteiger partial charge in [-0.2, -0.15) is 0 Å². The molecular formula is C15H18NO5P. The zero-order valence-corrected chi connectivity index (χ0v) is 12.7. The van der Waals surface area contributed by atoms with Crippen LogP contribution in [-0.4, -0.2) is 20.7 Å². The molecule has 0 saturated heterocycles. The van der Waals surface area contributed by atoms with Crippen LogP contribution in [0.3, 0.4) is 0 Å². The summed E-state index contributed by atoms with van der Waals surface area (Å²) in [5, 5.41) is 11.3. The molecule has 0 fully saturated rings. The molecule has 0 amide bonds. The Balaban J connectivity index is 1.95. The second kappa shape index (κ2) is 6.92. The molecule has 0 bridgehead atoms. The summed E-state index contributed by atoms with van der Waals surface area (Å²) in [6.07, 6.45) is 6.31. The third kappa shape index (κ3) is 4.84. The van der Waals surface area contributed by atoms with Crippen LogP contribution in [0.2, 0.25) is 0 Å². The van der Waals surface area contributed by atoms with E-state index in [1.807, 2.05) is 12.1 Å². The van der Waals surface area contributed by atoms with Crippen LogP contribution in [0.15, 0.2) is 48.2 Å². The molecule has 0 aliphatic heterocycles.